The molecule has 3 heteroatoms. The summed E-state index contributed by atoms with van der Waals surface area (Å²) in [5, 5.41) is 4.10. The van der Waals surface area contributed by atoms with E-state index in [1.54, 1.807) is 0 Å². The largest absolute Gasteiger partial charge is 0.367 e. The Bertz CT molecular complexity index is 514. The molecule has 0 spiro atoms. The van der Waals surface area contributed by atoms with E-state index >= 15 is 0 Å². The van der Waals surface area contributed by atoms with Gasteiger partial charge in [0.25, 0.3) is 0 Å². The number of benzene rings is 1. The lowest BCUT2D eigenvalue weighted by Gasteiger charge is -2.07. The van der Waals surface area contributed by atoms with Crippen LogP contribution < -0.4 is 5.73 Å². The number of hydrogen-bond donors (Lipinski definition) is 1. The summed E-state index contributed by atoms with van der Waals surface area (Å²) in [6, 6.07) is 8.29. The highest BCUT2D eigenvalue weighted by Gasteiger charge is 2.17. The van der Waals surface area contributed by atoms with Gasteiger partial charge >= 0.3 is 0 Å². The molecule has 1 aromatic carbocycles. The van der Waals surface area contributed by atoms with E-state index in [9.17, 15) is 0 Å². The Balaban J connectivity index is 2.37. The molecule has 0 aliphatic carbocycles. The predicted octanol–water partition coefficient (Wildman–Crippen LogP) is 3.82. The number of nitrogens with zero attached hydrogens (tertiary/aromatic N) is 1. The second-order valence-electron chi connectivity index (χ2n) is 4.95. The summed E-state index contributed by atoms with van der Waals surface area (Å²) in [4.78, 5) is 0. The Kier molecular flexibility index (Phi) is 3.70. The molecule has 1 aromatic heterocycles. The van der Waals surface area contributed by atoms with Crippen molar-refractivity contribution in [3.05, 3.63) is 35.5 Å². The molecule has 2 aromatic rings. The van der Waals surface area contributed by atoms with Crippen LogP contribution in [0.2, 0.25) is 0 Å². The number of aryl methyl sites for hydroxylation is 1. The van der Waals surface area contributed by atoms with Crippen LogP contribution in [-0.2, 0) is 6.42 Å². The predicted molar refractivity (Wildman–Crippen MR) is 74.2 cm³/mol. The fourth-order valence-corrected chi connectivity index (χ4v) is 1.98. The smallest absolute Gasteiger partial charge is 0.230 e. The molecule has 0 aliphatic heterocycles. The van der Waals surface area contributed by atoms with Crippen molar-refractivity contribution in [1.82, 2.24) is 5.16 Å². The van der Waals surface area contributed by atoms with Crippen molar-refractivity contribution in [1.29, 1.82) is 0 Å². The maximum atomic E-state index is 5.90. The van der Waals surface area contributed by atoms with Gasteiger partial charge in [-0.2, -0.15) is 0 Å². The lowest BCUT2D eigenvalue weighted by Crippen LogP contribution is -2.00. The number of aromatic nitrogens is 1. The molecular weight excluding hydrogens is 224 g/mol. The summed E-state index contributed by atoms with van der Waals surface area (Å²) >= 11 is 0. The zero-order chi connectivity index (χ0) is 13.1. The highest BCUT2D eigenvalue weighted by atomic mass is 16.5. The summed E-state index contributed by atoms with van der Waals surface area (Å²) in [7, 11) is 0. The zero-order valence-electron chi connectivity index (χ0n) is 11.2. The first-order chi connectivity index (χ1) is 8.61. The molecule has 0 saturated carbocycles. The fraction of sp³-hybridized carbons (Fsp3) is 0.400. The van der Waals surface area contributed by atoms with E-state index in [0.717, 1.165) is 29.7 Å². The Morgan fingerprint density at radius 2 is 1.94 bits per heavy atom. The second-order valence-corrected chi connectivity index (χ2v) is 4.95. The van der Waals surface area contributed by atoms with Crippen LogP contribution in [0.25, 0.3) is 11.1 Å². The number of nitrogens with two attached hydrogens (primary N) is 1. The van der Waals surface area contributed by atoms with Crippen molar-refractivity contribution >= 4 is 5.88 Å². The molecule has 1 atom stereocenters. The maximum Gasteiger partial charge on any atom is 0.230 e. The molecule has 0 bridgehead atoms. The van der Waals surface area contributed by atoms with Gasteiger partial charge in [0.15, 0.2) is 0 Å². The molecule has 96 valence electrons. The number of nitrogen functional groups attached to an aromatic ring is 1. The van der Waals surface area contributed by atoms with Gasteiger partial charge < -0.3 is 10.3 Å². The second kappa shape index (κ2) is 5.25. The van der Waals surface area contributed by atoms with E-state index in [4.69, 9.17) is 10.3 Å². The van der Waals surface area contributed by atoms with Crippen molar-refractivity contribution in [2.75, 3.05) is 5.73 Å². The van der Waals surface area contributed by atoms with Gasteiger partial charge in [0.2, 0.25) is 5.88 Å². The van der Waals surface area contributed by atoms with Crippen molar-refractivity contribution in [2.45, 2.75) is 33.6 Å². The minimum absolute atomic E-state index is 0.414. The van der Waals surface area contributed by atoms with Crippen LogP contribution in [0.1, 0.15) is 31.5 Å². The van der Waals surface area contributed by atoms with Gasteiger partial charge in [-0.1, -0.05) is 55.3 Å². The molecule has 0 saturated heterocycles. The van der Waals surface area contributed by atoms with E-state index in [-0.39, 0.29) is 0 Å². The van der Waals surface area contributed by atoms with Gasteiger partial charge in [-0.3, -0.25) is 0 Å². The van der Waals surface area contributed by atoms with Gasteiger partial charge in [-0.15, -0.1) is 0 Å². The minimum atomic E-state index is 0.414. The molecular formula is C15H20N2O. The maximum absolute atomic E-state index is 5.90. The van der Waals surface area contributed by atoms with E-state index < -0.39 is 0 Å². The fourth-order valence-electron chi connectivity index (χ4n) is 1.98. The minimum Gasteiger partial charge on any atom is -0.367 e. The molecule has 0 radical (unpaired) electrons. The zero-order valence-corrected chi connectivity index (χ0v) is 11.2. The summed E-state index contributed by atoms with van der Waals surface area (Å²) < 4.78 is 5.15. The highest BCUT2D eigenvalue weighted by Crippen LogP contribution is 2.31. The first-order valence-corrected chi connectivity index (χ1v) is 6.42. The molecule has 2 N–H and O–H groups in total. The van der Waals surface area contributed by atoms with Crippen molar-refractivity contribution in [3.8, 4) is 11.1 Å². The van der Waals surface area contributed by atoms with Crippen LogP contribution in [0.4, 0.5) is 5.88 Å². The van der Waals surface area contributed by atoms with Crippen molar-refractivity contribution in [3.63, 3.8) is 0 Å². The SMILES string of the molecule is CCC(C)Cc1noc(N)c1-c1ccc(C)cc1. The number of hydrogen-bond acceptors (Lipinski definition) is 3. The van der Waals surface area contributed by atoms with Gasteiger partial charge in [0.05, 0.1) is 11.3 Å². The van der Waals surface area contributed by atoms with E-state index in [1.165, 1.54) is 5.56 Å². The topological polar surface area (TPSA) is 52.0 Å². The third kappa shape index (κ3) is 2.55. The first-order valence-electron chi connectivity index (χ1n) is 6.42. The first kappa shape index (κ1) is 12.7. The number of anilines is 1. The normalized spacial score (nSPS) is 12.6. The number of rotatable bonds is 4. The molecule has 1 unspecified atom stereocenters. The van der Waals surface area contributed by atoms with Crippen LogP contribution in [0.3, 0.4) is 0 Å². The third-order valence-electron chi connectivity index (χ3n) is 3.37. The standard InChI is InChI=1S/C15H20N2O/c1-4-10(2)9-13-14(15(16)18-17-13)12-7-5-11(3)6-8-12/h5-8,10H,4,9,16H2,1-3H3. The van der Waals surface area contributed by atoms with Gasteiger partial charge in [-0.25, -0.2) is 0 Å². The lowest BCUT2D eigenvalue weighted by atomic mass is 9.97. The van der Waals surface area contributed by atoms with Crippen LogP contribution in [0.5, 0.6) is 0 Å². The van der Waals surface area contributed by atoms with Crippen LogP contribution in [-0.4, -0.2) is 5.16 Å². The summed E-state index contributed by atoms with van der Waals surface area (Å²) in [5.41, 5.74) is 10.1. The summed E-state index contributed by atoms with van der Waals surface area (Å²) in [5.74, 6) is 0.996. The molecule has 18 heavy (non-hydrogen) atoms. The van der Waals surface area contributed by atoms with Gasteiger partial charge in [-0.05, 0) is 24.8 Å². The van der Waals surface area contributed by atoms with Crippen LogP contribution in [0.15, 0.2) is 28.8 Å². The summed E-state index contributed by atoms with van der Waals surface area (Å²) in [6.45, 7) is 6.46. The molecule has 3 nitrogen and oxygen atoms in total. The van der Waals surface area contributed by atoms with E-state index in [1.807, 2.05) is 0 Å². The van der Waals surface area contributed by atoms with Crippen LogP contribution in [0, 0.1) is 12.8 Å². The highest BCUT2D eigenvalue weighted by molar-refractivity contribution is 5.75. The molecule has 1 heterocycles. The van der Waals surface area contributed by atoms with Crippen molar-refractivity contribution < 1.29 is 4.52 Å². The molecule has 0 fully saturated rings. The average molecular weight is 244 g/mol. The van der Waals surface area contributed by atoms with Gasteiger partial charge in [0, 0.05) is 0 Å². The summed E-state index contributed by atoms with van der Waals surface area (Å²) in [6.07, 6.45) is 2.03. The Morgan fingerprint density at radius 1 is 1.28 bits per heavy atom. The van der Waals surface area contributed by atoms with Crippen LogP contribution >= 0.6 is 0 Å². The monoisotopic (exact) mass is 244 g/mol. The quantitative estimate of drug-likeness (QED) is 0.889. The van der Waals surface area contributed by atoms with E-state index in [0.29, 0.717) is 11.8 Å². The average Bonchev–Trinajstić information content (AvgIpc) is 2.72. The molecule has 0 aliphatic rings. The van der Waals surface area contributed by atoms with Gasteiger partial charge in [0.1, 0.15) is 0 Å². The van der Waals surface area contributed by atoms with Crippen molar-refractivity contribution in [2.24, 2.45) is 5.92 Å². The van der Waals surface area contributed by atoms with E-state index in [2.05, 4.69) is 50.2 Å². The molecule has 2 rings (SSSR count). The Labute approximate surface area is 108 Å². The molecule has 0 amide bonds. The third-order valence-corrected chi connectivity index (χ3v) is 3.37. The Hall–Kier alpha value is -1.77. The Morgan fingerprint density at radius 3 is 2.56 bits per heavy atom. The lowest BCUT2D eigenvalue weighted by molar-refractivity contribution is 0.418.